The number of carbonyl (C=O) groups is 1. The van der Waals surface area contributed by atoms with Gasteiger partial charge in [-0.25, -0.2) is 0 Å². The van der Waals surface area contributed by atoms with Gasteiger partial charge in [-0.2, -0.15) is 0 Å². The van der Waals surface area contributed by atoms with Gasteiger partial charge in [-0.1, -0.05) is 30.3 Å². The third-order valence-electron chi connectivity index (χ3n) is 5.75. The van der Waals surface area contributed by atoms with Gasteiger partial charge in [-0.3, -0.25) is 9.69 Å². The summed E-state index contributed by atoms with van der Waals surface area (Å²) in [5.74, 6) is 1.78. The van der Waals surface area contributed by atoms with Gasteiger partial charge in [0.1, 0.15) is 11.5 Å². The zero-order valence-corrected chi connectivity index (χ0v) is 17.2. The summed E-state index contributed by atoms with van der Waals surface area (Å²) in [7, 11) is 5.24. The molecule has 3 rings (SSSR count). The molecule has 1 aliphatic heterocycles. The van der Waals surface area contributed by atoms with Gasteiger partial charge < -0.3 is 14.4 Å². The zero-order valence-electron chi connectivity index (χ0n) is 17.2. The molecule has 1 amide bonds. The van der Waals surface area contributed by atoms with Crippen molar-refractivity contribution >= 4 is 5.91 Å². The number of carbonyl (C=O) groups excluding carboxylic acids is 1. The normalized spacial score (nSPS) is 17.9. The Morgan fingerprint density at radius 1 is 1.18 bits per heavy atom. The van der Waals surface area contributed by atoms with Crippen molar-refractivity contribution in [2.45, 2.75) is 31.8 Å². The molecule has 0 radical (unpaired) electrons. The Kier molecular flexibility index (Phi) is 6.57. The number of benzene rings is 2. The van der Waals surface area contributed by atoms with Gasteiger partial charge in [-0.05, 0) is 50.1 Å². The van der Waals surface area contributed by atoms with Crippen molar-refractivity contribution in [1.29, 1.82) is 0 Å². The van der Waals surface area contributed by atoms with Crippen LogP contribution < -0.4 is 9.47 Å². The van der Waals surface area contributed by atoms with Crippen molar-refractivity contribution in [3.8, 4) is 11.5 Å². The van der Waals surface area contributed by atoms with E-state index in [0.29, 0.717) is 6.54 Å². The van der Waals surface area contributed by atoms with Gasteiger partial charge in [0.25, 0.3) is 0 Å². The topological polar surface area (TPSA) is 42.0 Å². The number of rotatable bonds is 7. The fraction of sp³-hybridized carbons (Fsp3) is 0.435. The molecule has 1 saturated heterocycles. The number of ether oxygens (including phenoxy) is 2. The quantitative estimate of drug-likeness (QED) is 0.724. The predicted molar refractivity (Wildman–Crippen MR) is 111 cm³/mol. The molecule has 150 valence electrons. The Labute approximate surface area is 167 Å². The highest BCUT2D eigenvalue weighted by Gasteiger charge is 2.31. The number of amides is 1. The Hall–Kier alpha value is -2.53. The molecule has 2 atom stereocenters. The lowest BCUT2D eigenvalue weighted by atomic mass is 10.0. The van der Waals surface area contributed by atoms with Crippen LogP contribution in [0.15, 0.2) is 48.5 Å². The average Bonchev–Trinajstić information content (AvgIpc) is 3.20. The van der Waals surface area contributed by atoms with Crippen molar-refractivity contribution in [2.24, 2.45) is 0 Å². The molecule has 0 N–H and O–H groups in total. The van der Waals surface area contributed by atoms with E-state index in [2.05, 4.69) is 24.0 Å². The maximum Gasteiger partial charge on any atom is 0.237 e. The number of hydrogen-bond donors (Lipinski definition) is 0. The number of likely N-dealkylation sites (N-methyl/N-ethyl adjacent to an activating group) is 1. The smallest absolute Gasteiger partial charge is 0.237 e. The van der Waals surface area contributed by atoms with Gasteiger partial charge in [0, 0.05) is 18.7 Å². The molecule has 5 heteroatoms. The lowest BCUT2D eigenvalue weighted by Crippen LogP contribution is -2.39. The van der Waals surface area contributed by atoms with Crippen LogP contribution in [-0.2, 0) is 4.79 Å². The molecule has 1 heterocycles. The molecule has 0 unspecified atom stereocenters. The molecular weight excluding hydrogens is 352 g/mol. The van der Waals surface area contributed by atoms with Gasteiger partial charge in [0.15, 0.2) is 0 Å². The number of methoxy groups -OCH3 is 2. The Morgan fingerprint density at radius 3 is 2.61 bits per heavy atom. The first kappa shape index (κ1) is 20.2. The Balaban J connectivity index is 1.74. The van der Waals surface area contributed by atoms with Crippen LogP contribution >= 0.6 is 0 Å². The second-order valence-corrected chi connectivity index (χ2v) is 7.33. The Morgan fingerprint density at radius 2 is 1.93 bits per heavy atom. The first-order chi connectivity index (χ1) is 13.5. The highest BCUT2D eigenvalue weighted by atomic mass is 16.5. The van der Waals surface area contributed by atoms with Crippen LogP contribution in [0.5, 0.6) is 11.5 Å². The van der Waals surface area contributed by atoms with Crippen molar-refractivity contribution in [3.05, 3.63) is 59.7 Å². The van der Waals surface area contributed by atoms with Crippen molar-refractivity contribution in [3.63, 3.8) is 0 Å². The zero-order chi connectivity index (χ0) is 20.1. The summed E-state index contributed by atoms with van der Waals surface area (Å²) >= 11 is 0. The van der Waals surface area contributed by atoms with Crippen LogP contribution in [0.3, 0.4) is 0 Å². The molecule has 0 aliphatic carbocycles. The molecule has 0 saturated carbocycles. The summed E-state index contributed by atoms with van der Waals surface area (Å²) in [6.45, 7) is 3.38. The number of likely N-dealkylation sites (tertiary alicyclic amines) is 1. The third-order valence-corrected chi connectivity index (χ3v) is 5.75. The lowest BCUT2D eigenvalue weighted by Gasteiger charge is -2.30. The lowest BCUT2D eigenvalue weighted by molar-refractivity contribution is -0.133. The van der Waals surface area contributed by atoms with Crippen molar-refractivity contribution in [2.75, 3.05) is 34.4 Å². The van der Waals surface area contributed by atoms with Gasteiger partial charge in [0.2, 0.25) is 5.91 Å². The molecule has 28 heavy (non-hydrogen) atoms. The minimum Gasteiger partial charge on any atom is -0.497 e. The average molecular weight is 383 g/mol. The van der Waals surface area contributed by atoms with Crippen LogP contribution in [0.1, 0.15) is 43.0 Å². The van der Waals surface area contributed by atoms with E-state index in [9.17, 15) is 4.79 Å². The second kappa shape index (κ2) is 9.11. The van der Waals surface area contributed by atoms with Crippen LogP contribution in [-0.4, -0.2) is 50.1 Å². The van der Waals surface area contributed by atoms with Crippen molar-refractivity contribution in [1.82, 2.24) is 9.80 Å². The van der Waals surface area contributed by atoms with E-state index >= 15 is 0 Å². The van der Waals surface area contributed by atoms with Crippen LogP contribution in [0, 0.1) is 0 Å². The van der Waals surface area contributed by atoms with E-state index in [1.165, 1.54) is 0 Å². The number of hydrogen-bond acceptors (Lipinski definition) is 4. The van der Waals surface area contributed by atoms with E-state index in [0.717, 1.165) is 42.0 Å². The maximum absolute atomic E-state index is 13.0. The predicted octanol–water partition coefficient (Wildman–Crippen LogP) is 4.06. The van der Waals surface area contributed by atoms with E-state index in [1.807, 2.05) is 48.3 Å². The van der Waals surface area contributed by atoms with Crippen molar-refractivity contribution < 1.29 is 14.3 Å². The fourth-order valence-electron chi connectivity index (χ4n) is 3.92. The molecule has 2 aromatic carbocycles. The Bertz CT molecular complexity index is 794. The van der Waals surface area contributed by atoms with E-state index in [4.69, 9.17) is 9.47 Å². The standard InChI is InChI=1S/C23H30N2O3/c1-17(18-9-6-5-7-10-18)24(2)23(26)16-25-14-8-11-21(25)20-15-19(27-3)12-13-22(20)28-4/h5-7,9-10,12-13,15,17,21H,8,11,14,16H2,1-4H3/t17-,21+/m1/s1. The highest BCUT2D eigenvalue weighted by molar-refractivity contribution is 5.78. The number of nitrogens with zero attached hydrogens (tertiary/aromatic N) is 2. The molecule has 0 spiro atoms. The molecular formula is C23H30N2O3. The summed E-state index contributed by atoms with van der Waals surface area (Å²) in [5, 5.41) is 0. The summed E-state index contributed by atoms with van der Waals surface area (Å²) < 4.78 is 11.0. The van der Waals surface area contributed by atoms with Crippen LogP contribution in [0.2, 0.25) is 0 Å². The summed E-state index contributed by atoms with van der Waals surface area (Å²) in [5.41, 5.74) is 2.23. The minimum atomic E-state index is 0.0427. The second-order valence-electron chi connectivity index (χ2n) is 7.33. The third kappa shape index (κ3) is 4.30. The summed E-state index contributed by atoms with van der Waals surface area (Å²) in [6.07, 6.45) is 2.07. The van der Waals surface area contributed by atoms with Gasteiger partial charge >= 0.3 is 0 Å². The molecule has 0 bridgehead atoms. The van der Waals surface area contributed by atoms with E-state index < -0.39 is 0 Å². The highest BCUT2D eigenvalue weighted by Crippen LogP contribution is 2.38. The monoisotopic (exact) mass is 382 g/mol. The first-order valence-corrected chi connectivity index (χ1v) is 9.81. The SMILES string of the molecule is COc1ccc(OC)c([C@@H]2CCCN2CC(=O)N(C)[C@H](C)c2ccccc2)c1. The van der Waals surface area contributed by atoms with Gasteiger partial charge in [-0.15, -0.1) is 0 Å². The molecule has 5 nitrogen and oxygen atoms in total. The molecule has 0 aromatic heterocycles. The fourth-order valence-corrected chi connectivity index (χ4v) is 3.92. The first-order valence-electron chi connectivity index (χ1n) is 9.81. The van der Waals surface area contributed by atoms with Crippen LogP contribution in [0.25, 0.3) is 0 Å². The maximum atomic E-state index is 13.0. The van der Waals surface area contributed by atoms with E-state index in [1.54, 1.807) is 14.2 Å². The van der Waals surface area contributed by atoms with E-state index in [-0.39, 0.29) is 18.0 Å². The van der Waals surface area contributed by atoms with Gasteiger partial charge in [0.05, 0.1) is 26.8 Å². The minimum absolute atomic E-state index is 0.0427. The largest absolute Gasteiger partial charge is 0.497 e. The summed E-state index contributed by atoms with van der Waals surface area (Å²) in [4.78, 5) is 17.1. The van der Waals surface area contributed by atoms with Crippen LogP contribution in [0.4, 0.5) is 0 Å². The summed E-state index contributed by atoms with van der Waals surface area (Å²) in [6, 6.07) is 16.2. The molecule has 1 fully saturated rings. The molecule has 2 aromatic rings. The molecule has 1 aliphatic rings.